The quantitative estimate of drug-likeness (QED) is 0.425. The monoisotopic (exact) mass is 396 g/mol. The molecule has 0 radical (unpaired) electrons. The van der Waals surface area contributed by atoms with Crippen LogP contribution in [0.1, 0.15) is 18.4 Å². The zero-order valence-electron chi connectivity index (χ0n) is 13.4. The smallest absolute Gasteiger partial charge is 0.306 e. The number of hydrogen-bond acceptors (Lipinski definition) is 5. The van der Waals surface area contributed by atoms with Crippen molar-refractivity contribution in [3.63, 3.8) is 0 Å². The highest BCUT2D eigenvalue weighted by Gasteiger charge is 2.15. The van der Waals surface area contributed by atoms with Crippen LogP contribution in [0.3, 0.4) is 0 Å². The van der Waals surface area contributed by atoms with E-state index in [4.69, 9.17) is 27.9 Å². The van der Waals surface area contributed by atoms with Crippen LogP contribution in [-0.4, -0.2) is 16.8 Å². The molecule has 0 saturated carbocycles. The number of anilines is 1. The molecule has 0 aromatic heterocycles. The number of nitro groups is 1. The predicted molar refractivity (Wildman–Crippen MR) is 97.2 cm³/mol. The lowest BCUT2D eigenvalue weighted by atomic mass is 10.2. The molecular weight excluding hydrogens is 383 g/mol. The lowest BCUT2D eigenvalue weighted by Gasteiger charge is -2.07. The highest BCUT2D eigenvalue weighted by molar-refractivity contribution is 6.42. The van der Waals surface area contributed by atoms with Gasteiger partial charge in [0.15, 0.2) is 0 Å². The highest BCUT2D eigenvalue weighted by Crippen LogP contribution is 2.25. The lowest BCUT2D eigenvalue weighted by molar-refractivity contribution is -0.385. The number of carbonyl (C=O) groups excluding carboxylic acids is 2. The summed E-state index contributed by atoms with van der Waals surface area (Å²) in [6, 6.07) is 10.6. The van der Waals surface area contributed by atoms with Crippen molar-refractivity contribution in [2.75, 3.05) is 5.32 Å². The van der Waals surface area contributed by atoms with Gasteiger partial charge >= 0.3 is 5.97 Å². The van der Waals surface area contributed by atoms with Gasteiger partial charge in [-0.15, -0.1) is 0 Å². The van der Waals surface area contributed by atoms with E-state index in [9.17, 15) is 19.7 Å². The Morgan fingerprint density at radius 2 is 1.81 bits per heavy atom. The number of para-hydroxylation sites is 1. The van der Waals surface area contributed by atoms with Gasteiger partial charge in [0.2, 0.25) is 5.91 Å². The molecule has 136 valence electrons. The summed E-state index contributed by atoms with van der Waals surface area (Å²) in [6.45, 7) is -0.232. The van der Waals surface area contributed by atoms with Crippen molar-refractivity contribution < 1.29 is 19.2 Å². The Morgan fingerprint density at radius 1 is 1.08 bits per heavy atom. The van der Waals surface area contributed by atoms with Crippen molar-refractivity contribution in [1.82, 2.24) is 0 Å². The molecule has 2 rings (SSSR count). The van der Waals surface area contributed by atoms with Gasteiger partial charge in [0, 0.05) is 18.2 Å². The summed E-state index contributed by atoms with van der Waals surface area (Å²) >= 11 is 11.6. The Balaban J connectivity index is 1.80. The van der Waals surface area contributed by atoms with Gasteiger partial charge in [-0.2, -0.15) is 0 Å². The van der Waals surface area contributed by atoms with Crippen molar-refractivity contribution in [2.45, 2.75) is 19.4 Å². The molecule has 0 atom stereocenters. The van der Waals surface area contributed by atoms with Crippen molar-refractivity contribution in [3.05, 3.63) is 68.2 Å². The Kier molecular flexibility index (Phi) is 6.94. The minimum Gasteiger partial charge on any atom is -0.461 e. The maximum atomic E-state index is 11.8. The molecule has 1 N–H and O–H groups in total. The second-order valence-electron chi connectivity index (χ2n) is 5.22. The molecule has 2 aromatic carbocycles. The summed E-state index contributed by atoms with van der Waals surface area (Å²) in [5, 5.41) is 14.1. The van der Waals surface area contributed by atoms with Crippen LogP contribution >= 0.6 is 23.2 Å². The van der Waals surface area contributed by atoms with Crippen molar-refractivity contribution in [2.24, 2.45) is 0 Å². The van der Waals surface area contributed by atoms with E-state index < -0.39 is 16.8 Å². The molecule has 1 amide bonds. The second-order valence-corrected chi connectivity index (χ2v) is 6.04. The molecule has 0 aliphatic heterocycles. The second kappa shape index (κ2) is 9.17. The molecule has 9 heteroatoms. The number of rotatable bonds is 7. The summed E-state index contributed by atoms with van der Waals surface area (Å²) in [5.41, 5.74) is 0.612. The number of nitro benzene ring substituents is 1. The zero-order chi connectivity index (χ0) is 19.1. The average Bonchev–Trinajstić information content (AvgIpc) is 2.61. The van der Waals surface area contributed by atoms with Crippen LogP contribution in [0.15, 0.2) is 42.5 Å². The summed E-state index contributed by atoms with van der Waals surface area (Å²) in [6.07, 6.45) is -0.260. The maximum Gasteiger partial charge on any atom is 0.306 e. The fraction of sp³-hybridized carbons (Fsp3) is 0.176. The van der Waals surface area contributed by atoms with Gasteiger partial charge in [0.05, 0.1) is 27.0 Å². The predicted octanol–water partition coefficient (Wildman–Crippen LogP) is 4.36. The number of carbonyl (C=O) groups is 2. The first-order chi connectivity index (χ1) is 12.4. The van der Waals surface area contributed by atoms with E-state index in [-0.39, 0.29) is 30.7 Å². The number of amides is 1. The van der Waals surface area contributed by atoms with Crippen molar-refractivity contribution >= 4 is 46.5 Å². The summed E-state index contributed by atoms with van der Waals surface area (Å²) < 4.78 is 4.99. The standard InChI is InChI=1S/C17H14Cl2N2O5/c18-13-6-5-12(9-14(13)19)20-16(22)7-8-17(23)26-10-11-3-1-2-4-15(11)21(24)25/h1-6,9H,7-8,10H2,(H,20,22). The van der Waals surface area contributed by atoms with E-state index in [2.05, 4.69) is 5.32 Å². The van der Waals surface area contributed by atoms with E-state index in [0.29, 0.717) is 15.7 Å². The van der Waals surface area contributed by atoms with Crippen LogP contribution in [0, 0.1) is 10.1 Å². The Hall–Kier alpha value is -2.64. The normalized spacial score (nSPS) is 10.2. The van der Waals surface area contributed by atoms with Gasteiger partial charge in [-0.25, -0.2) is 0 Å². The van der Waals surface area contributed by atoms with Crippen LogP contribution in [-0.2, 0) is 20.9 Å². The molecule has 0 unspecified atom stereocenters. The molecule has 7 nitrogen and oxygen atoms in total. The largest absolute Gasteiger partial charge is 0.461 e. The third-order valence-corrected chi connectivity index (χ3v) is 4.08. The Morgan fingerprint density at radius 3 is 2.50 bits per heavy atom. The minimum atomic E-state index is -0.632. The third kappa shape index (κ3) is 5.72. The van der Waals surface area contributed by atoms with Gasteiger partial charge in [0.1, 0.15) is 6.61 Å². The van der Waals surface area contributed by atoms with E-state index >= 15 is 0 Å². The molecule has 0 aliphatic rings. The SMILES string of the molecule is O=C(CCC(=O)OCc1ccccc1[N+](=O)[O-])Nc1ccc(Cl)c(Cl)c1. The van der Waals surface area contributed by atoms with Gasteiger partial charge in [-0.3, -0.25) is 19.7 Å². The maximum absolute atomic E-state index is 11.8. The van der Waals surface area contributed by atoms with Crippen molar-refractivity contribution in [3.8, 4) is 0 Å². The summed E-state index contributed by atoms with van der Waals surface area (Å²) in [7, 11) is 0. The topological polar surface area (TPSA) is 98.5 Å². The zero-order valence-corrected chi connectivity index (χ0v) is 14.9. The molecule has 0 fully saturated rings. The number of ether oxygens (including phenoxy) is 1. The average molecular weight is 397 g/mol. The fourth-order valence-electron chi connectivity index (χ4n) is 2.05. The van der Waals surface area contributed by atoms with Gasteiger partial charge < -0.3 is 10.1 Å². The van der Waals surface area contributed by atoms with Crippen molar-refractivity contribution in [1.29, 1.82) is 0 Å². The number of nitrogens with zero attached hydrogens (tertiary/aromatic N) is 1. The fourth-order valence-corrected chi connectivity index (χ4v) is 2.35. The van der Waals surface area contributed by atoms with Crippen LogP contribution in [0.5, 0.6) is 0 Å². The molecular formula is C17H14Cl2N2O5. The van der Waals surface area contributed by atoms with Crippen LogP contribution in [0.4, 0.5) is 11.4 Å². The Labute approximate surface area is 159 Å². The molecule has 26 heavy (non-hydrogen) atoms. The summed E-state index contributed by atoms with van der Waals surface area (Å²) in [5.74, 6) is -1.03. The molecule has 0 heterocycles. The van der Waals surface area contributed by atoms with E-state index in [1.54, 1.807) is 18.2 Å². The van der Waals surface area contributed by atoms with Crippen LogP contribution < -0.4 is 5.32 Å². The Bertz CT molecular complexity index is 842. The molecule has 0 saturated heterocycles. The van der Waals surface area contributed by atoms with E-state index in [0.717, 1.165) is 0 Å². The van der Waals surface area contributed by atoms with E-state index in [1.807, 2.05) is 0 Å². The number of halogens is 2. The molecule has 2 aromatic rings. The number of esters is 1. The van der Waals surface area contributed by atoms with Gasteiger partial charge in [-0.05, 0) is 24.3 Å². The first kappa shape index (κ1) is 19.7. The van der Waals surface area contributed by atoms with Gasteiger partial charge in [0.25, 0.3) is 5.69 Å². The van der Waals surface area contributed by atoms with E-state index in [1.165, 1.54) is 24.3 Å². The highest BCUT2D eigenvalue weighted by atomic mass is 35.5. The van der Waals surface area contributed by atoms with Crippen LogP contribution in [0.2, 0.25) is 10.0 Å². The molecule has 0 bridgehead atoms. The molecule has 0 spiro atoms. The minimum absolute atomic E-state index is 0.101. The molecule has 0 aliphatic carbocycles. The number of hydrogen-bond donors (Lipinski definition) is 1. The number of benzene rings is 2. The lowest BCUT2D eigenvalue weighted by Crippen LogP contribution is -2.14. The first-order valence-corrected chi connectivity index (χ1v) is 8.25. The number of nitrogens with one attached hydrogen (secondary N) is 1. The third-order valence-electron chi connectivity index (χ3n) is 3.34. The summed E-state index contributed by atoms with van der Waals surface area (Å²) in [4.78, 5) is 33.9. The first-order valence-electron chi connectivity index (χ1n) is 7.49. The van der Waals surface area contributed by atoms with Crippen LogP contribution in [0.25, 0.3) is 0 Å². The van der Waals surface area contributed by atoms with Gasteiger partial charge in [-0.1, -0.05) is 35.3 Å².